The van der Waals surface area contributed by atoms with Gasteiger partial charge in [-0.1, -0.05) is 13.0 Å². The van der Waals surface area contributed by atoms with Gasteiger partial charge >= 0.3 is 0 Å². The molecule has 4 nitrogen and oxygen atoms in total. The quantitative estimate of drug-likeness (QED) is 0.709. The van der Waals surface area contributed by atoms with Crippen LogP contribution in [0.5, 0.6) is 11.5 Å². The molecule has 0 bridgehead atoms. The van der Waals surface area contributed by atoms with Crippen molar-refractivity contribution in [1.82, 2.24) is 5.32 Å². The maximum atomic E-state index is 5.86. The van der Waals surface area contributed by atoms with E-state index >= 15 is 0 Å². The zero-order chi connectivity index (χ0) is 15.7. The summed E-state index contributed by atoms with van der Waals surface area (Å²) in [6.45, 7) is 10.8. The van der Waals surface area contributed by atoms with Gasteiger partial charge in [0, 0.05) is 18.2 Å². The van der Waals surface area contributed by atoms with Gasteiger partial charge in [0.2, 0.25) is 0 Å². The molecule has 1 rings (SSSR count). The zero-order valence-corrected chi connectivity index (χ0v) is 14.0. The normalized spacial score (nSPS) is 11.5. The number of hydrogen-bond acceptors (Lipinski definition) is 4. The maximum absolute atomic E-state index is 5.86. The standard InChI is InChI=1S/C17H29NO3/c1-6-9-19-15-8-7-14(13-18-5)16(12-15)20-10-11-21-17(2,3)4/h7-8,12,18H,6,9-11,13H2,1-5H3. The minimum Gasteiger partial charge on any atom is -0.493 e. The minimum atomic E-state index is -0.136. The fourth-order valence-corrected chi connectivity index (χ4v) is 1.81. The summed E-state index contributed by atoms with van der Waals surface area (Å²) in [5.74, 6) is 1.71. The van der Waals surface area contributed by atoms with E-state index in [0.717, 1.165) is 36.6 Å². The lowest BCUT2D eigenvalue weighted by molar-refractivity contribution is -0.0164. The van der Waals surface area contributed by atoms with E-state index in [1.54, 1.807) is 0 Å². The van der Waals surface area contributed by atoms with Crippen LogP contribution in [0.3, 0.4) is 0 Å². The third kappa shape index (κ3) is 7.34. The number of hydrogen-bond donors (Lipinski definition) is 1. The van der Waals surface area contributed by atoms with Crippen molar-refractivity contribution in [3.63, 3.8) is 0 Å². The molecule has 21 heavy (non-hydrogen) atoms. The number of benzene rings is 1. The van der Waals surface area contributed by atoms with Crippen LogP contribution in [0.25, 0.3) is 0 Å². The van der Waals surface area contributed by atoms with Crippen molar-refractivity contribution in [2.75, 3.05) is 26.9 Å². The summed E-state index contributed by atoms with van der Waals surface area (Å²) in [5.41, 5.74) is 0.987. The predicted octanol–water partition coefficient (Wildman–Crippen LogP) is 3.39. The lowest BCUT2D eigenvalue weighted by Crippen LogP contribution is -2.22. The SMILES string of the molecule is CCCOc1ccc(CNC)c(OCCOC(C)(C)C)c1. The predicted molar refractivity (Wildman–Crippen MR) is 86.2 cm³/mol. The molecule has 0 radical (unpaired) electrons. The molecule has 0 aliphatic carbocycles. The molecule has 0 fully saturated rings. The van der Waals surface area contributed by atoms with Crippen molar-refractivity contribution in [2.45, 2.75) is 46.3 Å². The largest absolute Gasteiger partial charge is 0.493 e. The Balaban J connectivity index is 2.62. The fourth-order valence-electron chi connectivity index (χ4n) is 1.81. The van der Waals surface area contributed by atoms with E-state index < -0.39 is 0 Å². The monoisotopic (exact) mass is 295 g/mol. The second-order valence-electron chi connectivity index (χ2n) is 5.96. The van der Waals surface area contributed by atoms with Gasteiger partial charge in [-0.3, -0.25) is 0 Å². The first kappa shape index (κ1) is 17.8. The summed E-state index contributed by atoms with van der Waals surface area (Å²) in [6, 6.07) is 5.99. The van der Waals surface area contributed by atoms with E-state index in [1.165, 1.54) is 0 Å². The molecule has 0 aromatic heterocycles. The van der Waals surface area contributed by atoms with Gasteiger partial charge in [0.25, 0.3) is 0 Å². The van der Waals surface area contributed by atoms with Crippen LogP contribution in [0.1, 0.15) is 39.7 Å². The van der Waals surface area contributed by atoms with Gasteiger partial charge in [-0.15, -0.1) is 0 Å². The number of nitrogens with one attached hydrogen (secondary N) is 1. The molecule has 0 amide bonds. The molecule has 0 spiro atoms. The third-order valence-electron chi connectivity index (χ3n) is 2.75. The first-order valence-corrected chi connectivity index (χ1v) is 7.63. The molecule has 120 valence electrons. The van der Waals surface area contributed by atoms with E-state index in [0.29, 0.717) is 13.2 Å². The Morgan fingerprint density at radius 3 is 2.43 bits per heavy atom. The molecule has 0 heterocycles. The van der Waals surface area contributed by atoms with Crippen LogP contribution < -0.4 is 14.8 Å². The van der Waals surface area contributed by atoms with E-state index in [2.05, 4.69) is 12.2 Å². The van der Waals surface area contributed by atoms with Crippen LogP contribution >= 0.6 is 0 Å². The Hall–Kier alpha value is -1.26. The number of rotatable bonds is 9. The summed E-state index contributed by atoms with van der Waals surface area (Å²) in [7, 11) is 1.92. The van der Waals surface area contributed by atoms with E-state index in [4.69, 9.17) is 14.2 Å². The highest BCUT2D eigenvalue weighted by Crippen LogP contribution is 2.25. The molecule has 0 unspecified atom stereocenters. The number of ether oxygens (including phenoxy) is 3. The molecule has 4 heteroatoms. The minimum absolute atomic E-state index is 0.136. The van der Waals surface area contributed by atoms with Gasteiger partial charge < -0.3 is 19.5 Å². The Kier molecular flexibility index (Phi) is 7.54. The van der Waals surface area contributed by atoms with Gasteiger partial charge in [0.1, 0.15) is 18.1 Å². The Labute approximate surface area is 128 Å². The van der Waals surface area contributed by atoms with Crippen LogP contribution in [-0.2, 0) is 11.3 Å². The summed E-state index contributed by atoms with van der Waals surface area (Å²) in [5, 5.41) is 3.15. The second-order valence-corrected chi connectivity index (χ2v) is 5.96. The Morgan fingerprint density at radius 1 is 1.05 bits per heavy atom. The third-order valence-corrected chi connectivity index (χ3v) is 2.75. The molecule has 0 saturated carbocycles. The van der Waals surface area contributed by atoms with Crippen molar-refractivity contribution in [2.24, 2.45) is 0 Å². The first-order valence-electron chi connectivity index (χ1n) is 7.63. The smallest absolute Gasteiger partial charge is 0.127 e. The Bertz CT molecular complexity index is 413. The maximum Gasteiger partial charge on any atom is 0.127 e. The topological polar surface area (TPSA) is 39.7 Å². The lowest BCUT2D eigenvalue weighted by Gasteiger charge is -2.20. The van der Waals surface area contributed by atoms with Crippen molar-refractivity contribution in [1.29, 1.82) is 0 Å². The molecule has 0 atom stereocenters. The second kappa shape index (κ2) is 8.90. The Morgan fingerprint density at radius 2 is 1.81 bits per heavy atom. The molecule has 1 aromatic carbocycles. The van der Waals surface area contributed by atoms with E-state index in [9.17, 15) is 0 Å². The molecular weight excluding hydrogens is 266 g/mol. The van der Waals surface area contributed by atoms with Crippen LogP contribution in [0.4, 0.5) is 0 Å². The van der Waals surface area contributed by atoms with Crippen molar-refractivity contribution in [3.8, 4) is 11.5 Å². The molecular formula is C17H29NO3. The van der Waals surface area contributed by atoms with Crippen LogP contribution in [0, 0.1) is 0 Å². The van der Waals surface area contributed by atoms with Gasteiger partial charge in [0.05, 0.1) is 18.8 Å². The summed E-state index contributed by atoms with van der Waals surface area (Å²) in [6.07, 6.45) is 0.994. The van der Waals surface area contributed by atoms with Gasteiger partial charge in [0.15, 0.2) is 0 Å². The summed E-state index contributed by atoms with van der Waals surface area (Å²) < 4.78 is 17.2. The summed E-state index contributed by atoms with van der Waals surface area (Å²) in [4.78, 5) is 0. The van der Waals surface area contributed by atoms with Gasteiger partial charge in [-0.25, -0.2) is 0 Å². The molecule has 0 aliphatic heterocycles. The zero-order valence-electron chi connectivity index (χ0n) is 14.0. The van der Waals surface area contributed by atoms with Crippen molar-refractivity contribution < 1.29 is 14.2 Å². The first-order chi connectivity index (χ1) is 9.96. The van der Waals surface area contributed by atoms with E-state index in [1.807, 2.05) is 46.0 Å². The highest BCUT2D eigenvalue weighted by atomic mass is 16.5. The average molecular weight is 295 g/mol. The lowest BCUT2D eigenvalue weighted by atomic mass is 10.2. The molecule has 0 aliphatic rings. The van der Waals surface area contributed by atoms with E-state index in [-0.39, 0.29) is 5.60 Å². The van der Waals surface area contributed by atoms with Crippen LogP contribution in [0.15, 0.2) is 18.2 Å². The fraction of sp³-hybridized carbons (Fsp3) is 0.647. The molecule has 1 N–H and O–H groups in total. The van der Waals surface area contributed by atoms with Crippen LogP contribution in [-0.4, -0.2) is 32.5 Å². The van der Waals surface area contributed by atoms with Gasteiger partial charge in [-0.05, 0) is 40.3 Å². The molecule has 1 aromatic rings. The highest BCUT2D eigenvalue weighted by molar-refractivity contribution is 5.40. The average Bonchev–Trinajstić information content (AvgIpc) is 2.42. The van der Waals surface area contributed by atoms with Crippen LogP contribution in [0.2, 0.25) is 0 Å². The summed E-state index contributed by atoms with van der Waals surface area (Å²) >= 11 is 0. The van der Waals surface area contributed by atoms with Gasteiger partial charge in [-0.2, -0.15) is 0 Å². The molecule has 0 saturated heterocycles. The van der Waals surface area contributed by atoms with Crippen molar-refractivity contribution in [3.05, 3.63) is 23.8 Å². The highest BCUT2D eigenvalue weighted by Gasteiger charge is 2.10. The van der Waals surface area contributed by atoms with Crippen molar-refractivity contribution >= 4 is 0 Å².